The summed E-state index contributed by atoms with van der Waals surface area (Å²) in [6, 6.07) is 0.244. The van der Waals surface area contributed by atoms with Gasteiger partial charge in [0.25, 0.3) is 0 Å². The average molecular weight is 297 g/mol. The summed E-state index contributed by atoms with van der Waals surface area (Å²) in [4.78, 5) is 18.4. The minimum absolute atomic E-state index is 0.118. The molecule has 0 aromatic carbocycles. The molecular formula is C12H17ClN6O. The minimum Gasteiger partial charge on any atom is -0.463 e. The SMILES string of the molecule is CCCOc1nc(Cl)nc(N(C)Cc2nccn2C)n1. The summed E-state index contributed by atoms with van der Waals surface area (Å²) in [5.41, 5.74) is 0. The van der Waals surface area contributed by atoms with E-state index in [4.69, 9.17) is 16.3 Å². The van der Waals surface area contributed by atoms with Gasteiger partial charge in [-0.1, -0.05) is 6.92 Å². The van der Waals surface area contributed by atoms with Gasteiger partial charge in [0, 0.05) is 26.5 Å². The first kappa shape index (κ1) is 14.5. The normalized spacial score (nSPS) is 10.6. The number of hydrogen-bond acceptors (Lipinski definition) is 6. The van der Waals surface area contributed by atoms with Crippen molar-refractivity contribution in [3.8, 4) is 6.01 Å². The van der Waals surface area contributed by atoms with Crippen LogP contribution in [0.25, 0.3) is 0 Å². The Morgan fingerprint density at radius 3 is 2.80 bits per heavy atom. The zero-order chi connectivity index (χ0) is 14.5. The molecule has 8 heteroatoms. The lowest BCUT2D eigenvalue weighted by atomic mass is 10.5. The Labute approximate surface area is 122 Å². The van der Waals surface area contributed by atoms with Crippen molar-refractivity contribution in [2.24, 2.45) is 7.05 Å². The Morgan fingerprint density at radius 2 is 2.15 bits per heavy atom. The van der Waals surface area contributed by atoms with Gasteiger partial charge < -0.3 is 14.2 Å². The number of anilines is 1. The number of halogens is 1. The number of nitrogens with zero attached hydrogens (tertiary/aromatic N) is 6. The first-order chi connectivity index (χ1) is 9.60. The van der Waals surface area contributed by atoms with Crippen molar-refractivity contribution in [1.29, 1.82) is 0 Å². The number of rotatable bonds is 6. The molecule has 0 N–H and O–H groups in total. The predicted octanol–water partition coefficient (Wildman–Crippen LogP) is 1.68. The molecule has 2 heterocycles. The Bertz CT molecular complexity index is 573. The van der Waals surface area contributed by atoms with Gasteiger partial charge in [-0.2, -0.15) is 15.0 Å². The number of aromatic nitrogens is 5. The van der Waals surface area contributed by atoms with Crippen LogP contribution < -0.4 is 9.64 Å². The van der Waals surface area contributed by atoms with E-state index < -0.39 is 0 Å². The molecule has 2 aromatic rings. The first-order valence-corrected chi connectivity index (χ1v) is 6.69. The topological polar surface area (TPSA) is 69.0 Å². The zero-order valence-corrected chi connectivity index (χ0v) is 12.5. The highest BCUT2D eigenvalue weighted by Gasteiger charge is 2.12. The standard InChI is InChI=1S/C12H17ClN6O/c1-4-7-20-12-16-10(13)15-11(17-12)19(3)8-9-14-5-6-18(9)2/h5-6H,4,7-8H2,1-3H3. The Hall–Kier alpha value is -1.89. The summed E-state index contributed by atoms with van der Waals surface area (Å²) in [6.45, 7) is 3.12. The fourth-order valence-electron chi connectivity index (χ4n) is 1.58. The van der Waals surface area contributed by atoms with Crippen molar-refractivity contribution >= 4 is 17.5 Å². The Kier molecular flexibility index (Phi) is 4.73. The highest BCUT2D eigenvalue weighted by atomic mass is 35.5. The predicted molar refractivity (Wildman–Crippen MR) is 75.9 cm³/mol. The summed E-state index contributed by atoms with van der Waals surface area (Å²) < 4.78 is 7.33. The molecule has 7 nitrogen and oxygen atoms in total. The molecule has 0 saturated carbocycles. The summed E-state index contributed by atoms with van der Waals surface area (Å²) in [5.74, 6) is 1.36. The summed E-state index contributed by atoms with van der Waals surface area (Å²) >= 11 is 5.90. The molecular weight excluding hydrogens is 280 g/mol. The molecule has 0 spiro atoms. The van der Waals surface area contributed by atoms with E-state index in [1.54, 1.807) is 6.20 Å². The van der Waals surface area contributed by atoms with Crippen LogP contribution in [0.3, 0.4) is 0 Å². The molecule has 0 saturated heterocycles. The molecule has 0 atom stereocenters. The molecule has 108 valence electrons. The van der Waals surface area contributed by atoms with Crippen molar-refractivity contribution in [2.45, 2.75) is 19.9 Å². The van der Waals surface area contributed by atoms with Gasteiger partial charge in [0.1, 0.15) is 5.82 Å². The minimum atomic E-state index is 0.118. The molecule has 0 aliphatic carbocycles. The first-order valence-electron chi connectivity index (χ1n) is 6.32. The van der Waals surface area contributed by atoms with Crippen molar-refractivity contribution in [1.82, 2.24) is 24.5 Å². The van der Waals surface area contributed by atoms with Gasteiger partial charge in [-0.3, -0.25) is 0 Å². The highest BCUT2D eigenvalue weighted by Crippen LogP contribution is 2.15. The second kappa shape index (κ2) is 6.51. The van der Waals surface area contributed by atoms with Crippen LogP contribution in [-0.4, -0.2) is 38.2 Å². The quantitative estimate of drug-likeness (QED) is 0.808. The van der Waals surface area contributed by atoms with Gasteiger partial charge >= 0.3 is 6.01 Å². The fourth-order valence-corrected chi connectivity index (χ4v) is 1.73. The van der Waals surface area contributed by atoms with E-state index in [-0.39, 0.29) is 11.3 Å². The third-order valence-electron chi connectivity index (χ3n) is 2.65. The van der Waals surface area contributed by atoms with Crippen LogP contribution >= 0.6 is 11.6 Å². The lowest BCUT2D eigenvalue weighted by molar-refractivity contribution is 0.291. The second-order valence-electron chi connectivity index (χ2n) is 4.35. The number of ether oxygens (including phenoxy) is 1. The largest absolute Gasteiger partial charge is 0.463 e. The highest BCUT2D eigenvalue weighted by molar-refractivity contribution is 6.28. The molecule has 2 rings (SSSR count). The van der Waals surface area contributed by atoms with Crippen LogP contribution in [0.5, 0.6) is 6.01 Å². The maximum Gasteiger partial charge on any atom is 0.322 e. The summed E-state index contributed by atoms with van der Waals surface area (Å²) in [6.07, 6.45) is 4.51. The summed E-state index contributed by atoms with van der Waals surface area (Å²) in [7, 11) is 3.80. The molecule has 0 fully saturated rings. The molecule has 20 heavy (non-hydrogen) atoms. The third kappa shape index (κ3) is 3.57. The third-order valence-corrected chi connectivity index (χ3v) is 2.82. The van der Waals surface area contributed by atoms with Gasteiger partial charge in [0.2, 0.25) is 11.2 Å². The van der Waals surface area contributed by atoms with E-state index in [2.05, 4.69) is 19.9 Å². The molecule has 0 bridgehead atoms. The van der Waals surface area contributed by atoms with Gasteiger partial charge in [-0.15, -0.1) is 0 Å². The van der Waals surface area contributed by atoms with E-state index in [0.29, 0.717) is 19.1 Å². The zero-order valence-electron chi connectivity index (χ0n) is 11.7. The van der Waals surface area contributed by atoms with Crippen molar-refractivity contribution in [3.63, 3.8) is 0 Å². The Balaban J connectivity index is 2.14. The van der Waals surface area contributed by atoms with Crippen LogP contribution in [0.4, 0.5) is 5.95 Å². The molecule has 2 aromatic heterocycles. The molecule has 0 amide bonds. The lowest BCUT2D eigenvalue weighted by Gasteiger charge is -2.17. The smallest absolute Gasteiger partial charge is 0.322 e. The number of hydrogen-bond donors (Lipinski definition) is 0. The van der Waals surface area contributed by atoms with E-state index >= 15 is 0 Å². The maximum absolute atomic E-state index is 5.90. The van der Waals surface area contributed by atoms with E-state index in [1.807, 2.05) is 36.7 Å². The van der Waals surface area contributed by atoms with Gasteiger partial charge in [-0.25, -0.2) is 4.98 Å². The van der Waals surface area contributed by atoms with Gasteiger partial charge in [0.05, 0.1) is 13.2 Å². The monoisotopic (exact) mass is 296 g/mol. The van der Waals surface area contributed by atoms with Crippen LogP contribution in [0.15, 0.2) is 12.4 Å². The van der Waals surface area contributed by atoms with E-state index in [1.165, 1.54) is 0 Å². The molecule has 0 aliphatic heterocycles. The van der Waals surface area contributed by atoms with E-state index in [0.717, 1.165) is 12.2 Å². The van der Waals surface area contributed by atoms with Gasteiger partial charge in [-0.05, 0) is 18.0 Å². The van der Waals surface area contributed by atoms with Crippen molar-refractivity contribution in [2.75, 3.05) is 18.6 Å². The van der Waals surface area contributed by atoms with Crippen molar-refractivity contribution < 1.29 is 4.74 Å². The van der Waals surface area contributed by atoms with Gasteiger partial charge in [0.15, 0.2) is 0 Å². The fraction of sp³-hybridized carbons (Fsp3) is 0.500. The Morgan fingerprint density at radius 1 is 1.35 bits per heavy atom. The lowest BCUT2D eigenvalue weighted by Crippen LogP contribution is -2.22. The molecule has 0 unspecified atom stereocenters. The molecule has 0 aliphatic rings. The number of aryl methyl sites for hydroxylation is 1. The average Bonchev–Trinajstić information content (AvgIpc) is 2.81. The van der Waals surface area contributed by atoms with Crippen LogP contribution in [0, 0.1) is 0 Å². The van der Waals surface area contributed by atoms with Crippen LogP contribution in [0.2, 0.25) is 5.28 Å². The van der Waals surface area contributed by atoms with Crippen LogP contribution in [0.1, 0.15) is 19.2 Å². The van der Waals surface area contributed by atoms with Crippen LogP contribution in [-0.2, 0) is 13.6 Å². The van der Waals surface area contributed by atoms with E-state index in [9.17, 15) is 0 Å². The molecule has 0 radical (unpaired) electrons. The maximum atomic E-state index is 5.90. The second-order valence-corrected chi connectivity index (χ2v) is 4.68. The summed E-state index contributed by atoms with van der Waals surface area (Å²) in [5, 5.41) is 0.118. The number of imidazole rings is 1. The van der Waals surface area contributed by atoms with Crippen molar-refractivity contribution in [3.05, 3.63) is 23.5 Å².